The lowest BCUT2D eigenvalue weighted by molar-refractivity contribution is 0.0730. The average Bonchev–Trinajstić information content (AvgIpc) is 2.67. The summed E-state index contributed by atoms with van der Waals surface area (Å²) in [5.74, 6) is 0.509. The molecule has 1 aliphatic rings. The fourth-order valence-corrected chi connectivity index (χ4v) is 3.95. The zero-order valence-electron chi connectivity index (χ0n) is 13.6. The number of rotatable bonds is 5. The van der Waals surface area contributed by atoms with Gasteiger partial charge in [-0.3, -0.25) is 0 Å². The van der Waals surface area contributed by atoms with Crippen LogP contribution in [0.5, 0.6) is 0 Å². The molecule has 1 aromatic carbocycles. The van der Waals surface area contributed by atoms with Gasteiger partial charge in [0.25, 0.3) is 0 Å². The van der Waals surface area contributed by atoms with Crippen LogP contribution in [-0.2, 0) is 21.3 Å². The fraction of sp³-hybridized carbons (Fsp3) is 0.294. The zero-order valence-corrected chi connectivity index (χ0v) is 14.4. The summed E-state index contributed by atoms with van der Waals surface area (Å²) in [5, 5.41) is 12.1. The van der Waals surface area contributed by atoms with Crippen LogP contribution >= 0.6 is 0 Å². The van der Waals surface area contributed by atoms with Gasteiger partial charge in [0.15, 0.2) is 0 Å². The van der Waals surface area contributed by atoms with E-state index in [-0.39, 0.29) is 4.90 Å². The Morgan fingerprint density at radius 1 is 1.20 bits per heavy atom. The fourth-order valence-electron chi connectivity index (χ4n) is 2.54. The molecule has 0 radical (unpaired) electrons. The lowest BCUT2D eigenvalue weighted by atomic mass is 10.2. The van der Waals surface area contributed by atoms with Crippen LogP contribution in [0.1, 0.15) is 11.1 Å². The molecule has 3 rings (SSSR count). The van der Waals surface area contributed by atoms with Crippen molar-refractivity contribution in [2.75, 3.05) is 31.6 Å². The molecule has 0 aliphatic carbocycles. The molecule has 130 valence electrons. The molecule has 1 N–H and O–H groups in total. The van der Waals surface area contributed by atoms with Gasteiger partial charge in [-0.1, -0.05) is 12.1 Å². The maximum Gasteiger partial charge on any atom is 0.243 e. The van der Waals surface area contributed by atoms with E-state index in [2.05, 4.69) is 16.4 Å². The van der Waals surface area contributed by atoms with E-state index in [9.17, 15) is 8.42 Å². The van der Waals surface area contributed by atoms with Crippen LogP contribution in [0.25, 0.3) is 0 Å². The molecule has 0 unspecified atom stereocenters. The highest BCUT2D eigenvalue weighted by Crippen LogP contribution is 2.18. The van der Waals surface area contributed by atoms with Gasteiger partial charge in [0, 0.05) is 25.8 Å². The molecule has 2 heterocycles. The van der Waals surface area contributed by atoms with Gasteiger partial charge in [-0.25, -0.2) is 13.4 Å². The Balaban J connectivity index is 1.69. The first-order valence-electron chi connectivity index (χ1n) is 7.87. The summed E-state index contributed by atoms with van der Waals surface area (Å²) < 4.78 is 31.8. The van der Waals surface area contributed by atoms with E-state index >= 15 is 0 Å². The van der Waals surface area contributed by atoms with Crippen LogP contribution in [0.2, 0.25) is 0 Å². The summed E-state index contributed by atoms with van der Waals surface area (Å²) in [6.07, 6.45) is 1.61. The molecule has 8 heteroatoms. The van der Waals surface area contributed by atoms with E-state index in [0.29, 0.717) is 44.2 Å². The first-order valence-corrected chi connectivity index (χ1v) is 9.31. The molecule has 1 fully saturated rings. The number of benzene rings is 1. The van der Waals surface area contributed by atoms with E-state index in [4.69, 9.17) is 10.00 Å². The Kier molecular flexibility index (Phi) is 5.28. The van der Waals surface area contributed by atoms with Gasteiger partial charge in [-0.05, 0) is 29.8 Å². The molecule has 0 amide bonds. The summed E-state index contributed by atoms with van der Waals surface area (Å²) in [7, 11) is -3.48. The molecule has 1 aromatic heterocycles. The molecule has 0 atom stereocenters. The largest absolute Gasteiger partial charge is 0.379 e. The van der Waals surface area contributed by atoms with Crippen molar-refractivity contribution in [3.05, 3.63) is 53.7 Å². The van der Waals surface area contributed by atoms with Crippen molar-refractivity contribution in [2.24, 2.45) is 0 Å². The second-order valence-corrected chi connectivity index (χ2v) is 7.46. The lowest BCUT2D eigenvalue weighted by Crippen LogP contribution is -2.40. The smallest absolute Gasteiger partial charge is 0.243 e. The van der Waals surface area contributed by atoms with Crippen molar-refractivity contribution in [1.29, 1.82) is 5.26 Å². The number of morpholine rings is 1. The third-order valence-electron chi connectivity index (χ3n) is 3.92. The van der Waals surface area contributed by atoms with Crippen LogP contribution in [0.3, 0.4) is 0 Å². The van der Waals surface area contributed by atoms with Gasteiger partial charge in [-0.15, -0.1) is 0 Å². The maximum atomic E-state index is 12.6. The highest BCUT2D eigenvalue weighted by molar-refractivity contribution is 7.89. The molecule has 2 aromatic rings. The van der Waals surface area contributed by atoms with Crippen LogP contribution in [0.15, 0.2) is 47.5 Å². The number of sulfonamides is 1. The minimum atomic E-state index is -3.48. The van der Waals surface area contributed by atoms with E-state index in [1.807, 2.05) is 0 Å². The van der Waals surface area contributed by atoms with Crippen LogP contribution in [0, 0.1) is 11.3 Å². The molecule has 0 spiro atoms. The number of pyridine rings is 1. The summed E-state index contributed by atoms with van der Waals surface area (Å²) in [5.41, 5.74) is 1.37. The molecule has 1 aliphatic heterocycles. The predicted molar refractivity (Wildman–Crippen MR) is 92.3 cm³/mol. The highest BCUT2D eigenvalue weighted by atomic mass is 32.2. The first-order chi connectivity index (χ1) is 12.1. The molecule has 7 nitrogen and oxygen atoms in total. The lowest BCUT2D eigenvalue weighted by Gasteiger charge is -2.26. The van der Waals surface area contributed by atoms with Crippen molar-refractivity contribution in [3.8, 4) is 6.07 Å². The quantitative estimate of drug-likeness (QED) is 0.872. The number of ether oxygens (including phenoxy) is 1. The topological polar surface area (TPSA) is 95.3 Å². The Labute approximate surface area is 146 Å². The van der Waals surface area contributed by atoms with Gasteiger partial charge >= 0.3 is 0 Å². The van der Waals surface area contributed by atoms with Crippen molar-refractivity contribution < 1.29 is 13.2 Å². The molecule has 1 saturated heterocycles. The summed E-state index contributed by atoms with van der Waals surface area (Å²) >= 11 is 0. The molecular formula is C17H18N4O3S. The monoisotopic (exact) mass is 358 g/mol. The third kappa shape index (κ3) is 3.96. The number of anilines is 1. The normalized spacial score (nSPS) is 15.5. The third-order valence-corrected chi connectivity index (χ3v) is 5.83. The van der Waals surface area contributed by atoms with Gasteiger partial charge < -0.3 is 10.1 Å². The summed E-state index contributed by atoms with van der Waals surface area (Å²) in [4.78, 5) is 4.41. The first kappa shape index (κ1) is 17.4. The van der Waals surface area contributed by atoms with Crippen LogP contribution in [0.4, 0.5) is 5.82 Å². The minimum Gasteiger partial charge on any atom is -0.379 e. The standard InChI is InChI=1S/C17H18N4O3S/c18-12-15-2-1-7-19-17(15)20-13-14-3-5-16(6-4-14)25(22,23)21-8-10-24-11-9-21/h1-7H,8-11,13H2,(H,19,20). The Morgan fingerprint density at radius 2 is 1.92 bits per heavy atom. The summed E-state index contributed by atoms with van der Waals surface area (Å²) in [6.45, 7) is 2.05. The highest BCUT2D eigenvalue weighted by Gasteiger charge is 2.25. The van der Waals surface area contributed by atoms with Crippen molar-refractivity contribution in [1.82, 2.24) is 9.29 Å². The van der Waals surface area contributed by atoms with Crippen molar-refractivity contribution in [2.45, 2.75) is 11.4 Å². The number of nitrogens with one attached hydrogen (secondary N) is 1. The van der Waals surface area contributed by atoms with E-state index < -0.39 is 10.0 Å². The van der Waals surface area contributed by atoms with Crippen LogP contribution < -0.4 is 5.32 Å². The molecule has 0 saturated carbocycles. The van der Waals surface area contributed by atoms with E-state index in [1.54, 1.807) is 42.6 Å². The summed E-state index contributed by atoms with van der Waals surface area (Å²) in [6, 6.07) is 12.2. The molecule has 0 bridgehead atoms. The minimum absolute atomic E-state index is 0.272. The SMILES string of the molecule is N#Cc1cccnc1NCc1ccc(S(=O)(=O)N2CCOCC2)cc1. The second-order valence-electron chi connectivity index (χ2n) is 5.53. The molecule has 25 heavy (non-hydrogen) atoms. The Hall–Kier alpha value is -2.47. The van der Waals surface area contributed by atoms with Crippen LogP contribution in [-0.4, -0.2) is 44.0 Å². The van der Waals surface area contributed by atoms with Crippen molar-refractivity contribution >= 4 is 15.8 Å². The van der Waals surface area contributed by atoms with E-state index in [1.165, 1.54) is 4.31 Å². The van der Waals surface area contributed by atoms with Gasteiger partial charge in [-0.2, -0.15) is 9.57 Å². The van der Waals surface area contributed by atoms with Gasteiger partial charge in [0.2, 0.25) is 10.0 Å². The van der Waals surface area contributed by atoms with E-state index in [0.717, 1.165) is 5.56 Å². The van der Waals surface area contributed by atoms with Crippen molar-refractivity contribution in [3.63, 3.8) is 0 Å². The molecular weight excluding hydrogens is 340 g/mol. The average molecular weight is 358 g/mol. The number of nitrogens with zero attached hydrogens (tertiary/aromatic N) is 3. The predicted octanol–water partition coefficient (Wildman–Crippen LogP) is 1.59. The number of hydrogen-bond donors (Lipinski definition) is 1. The number of hydrogen-bond acceptors (Lipinski definition) is 6. The second kappa shape index (κ2) is 7.61. The van der Waals surface area contributed by atoms with Gasteiger partial charge in [0.1, 0.15) is 11.9 Å². The zero-order chi connectivity index (χ0) is 17.7. The Morgan fingerprint density at radius 3 is 2.60 bits per heavy atom. The number of nitriles is 1. The number of aromatic nitrogens is 1. The Bertz CT molecular complexity index is 870. The van der Waals surface area contributed by atoms with Gasteiger partial charge in [0.05, 0.1) is 23.7 Å². The maximum absolute atomic E-state index is 12.6.